The molecule has 0 saturated carbocycles. The first-order chi connectivity index (χ1) is 18.1. The average Bonchev–Trinajstić information content (AvgIpc) is 3.16. The van der Waals surface area contributed by atoms with Gasteiger partial charge in [-0.05, 0) is 74.7 Å². The van der Waals surface area contributed by atoms with Crippen molar-refractivity contribution in [3.8, 4) is 5.75 Å². The summed E-state index contributed by atoms with van der Waals surface area (Å²) in [6.07, 6.45) is 0. The van der Waals surface area contributed by atoms with Gasteiger partial charge in [0, 0.05) is 30.5 Å². The van der Waals surface area contributed by atoms with Crippen LogP contribution >= 0.6 is 0 Å². The minimum Gasteiger partial charge on any atom is -0.507 e. The number of halogens is 2. The van der Waals surface area contributed by atoms with Crippen molar-refractivity contribution in [1.29, 1.82) is 0 Å². The summed E-state index contributed by atoms with van der Waals surface area (Å²) in [4.78, 5) is 30.0. The number of Topliss-reactive ketones (excluding diaryl/α,β-unsaturated/α-hetero) is 1. The lowest BCUT2D eigenvalue weighted by molar-refractivity contribution is -0.132. The number of ether oxygens (including phenoxy) is 1. The quantitative estimate of drug-likeness (QED) is 0.233. The number of hydrogen-bond acceptors (Lipinski definition) is 5. The highest BCUT2D eigenvalue weighted by atomic mass is 19.2. The van der Waals surface area contributed by atoms with Crippen LogP contribution in [0.5, 0.6) is 5.75 Å². The van der Waals surface area contributed by atoms with Crippen molar-refractivity contribution in [3.05, 3.63) is 94.1 Å². The van der Waals surface area contributed by atoms with E-state index < -0.39 is 35.1 Å². The molecule has 1 N–H and O–H groups in total. The number of methoxy groups -OCH3 is 1. The molecule has 8 heteroatoms. The third-order valence-electron chi connectivity index (χ3n) is 6.84. The van der Waals surface area contributed by atoms with Crippen LogP contribution in [0.25, 0.3) is 5.76 Å². The van der Waals surface area contributed by atoms with Crippen molar-refractivity contribution in [2.24, 2.45) is 0 Å². The lowest BCUT2D eigenvalue weighted by atomic mass is 9.93. The number of anilines is 2. The molecule has 6 nitrogen and oxygen atoms in total. The highest BCUT2D eigenvalue weighted by Crippen LogP contribution is 2.44. The molecule has 1 aliphatic heterocycles. The molecule has 0 aliphatic carbocycles. The van der Waals surface area contributed by atoms with Gasteiger partial charge < -0.3 is 14.7 Å². The Kier molecular flexibility index (Phi) is 7.53. The van der Waals surface area contributed by atoms with Crippen LogP contribution in [0.15, 0.2) is 60.2 Å². The third-order valence-corrected chi connectivity index (χ3v) is 6.84. The molecule has 0 spiro atoms. The van der Waals surface area contributed by atoms with Gasteiger partial charge >= 0.3 is 0 Å². The van der Waals surface area contributed by atoms with E-state index in [9.17, 15) is 23.5 Å². The second-order valence-electron chi connectivity index (χ2n) is 9.19. The lowest BCUT2D eigenvalue weighted by Gasteiger charge is -2.27. The van der Waals surface area contributed by atoms with Crippen LogP contribution < -0.4 is 14.5 Å². The normalized spacial score (nSPS) is 16.7. The first-order valence-electron chi connectivity index (χ1n) is 12.4. The van der Waals surface area contributed by atoms with Crippen molar-refractivity contribution in [2.75, 3.05) is 30.0 Å². The molecule has 0 bridgehead atoms. The zero-order valence-corrected chi connectivity index (χ0v) is 22.0. The minimum atomic E-state index is -1.16. The minimum absolute atomic E-state index is 0.00439. The van der Waals surface area contributed by atoms with Gasteiger partial charge in [0.15, 0.2) is 11.6 Å². The van der Waals surface area contributed by atoms with Crippen molar-refractivity contribution in [2.45, 2.75) is 33.7 Å². The average molecular weight is 521 g/mol. The predicted octanol–water partition coefficient (Wildman–Crippen LogP) is 6.06. The largest absolute Gasteiger partial charge is 0.507 e. The molecule has 3 aromatic carbocycles. The highest BCUT2D eigenvalue weighted by Gasteiger charge is 2.47. The molecule has 1 amide bonds. The lowest BCUT2D eigenvalue weighted by Crippen LogP contribution is -2.29. The van der Waals surface area contributed by atoms with Crippen molar-refractivity contribution in [3.63, 3.8) is 0 Å². The highest BCUT2D eigenvalue weighted by molar-refractivity contribution is 6.51. The fourth-order valence-electron chi connectivity index (χ4n) is 5.05. The van der Waals surface area contributed by atoms with E-state index in [4.69, 9.17) is 4.74 Å². The third kappa shape index (κ3) is 4.62. The Morgan fingerprint density at radius 2 is 1.63 bits per heavy atom. The van der Waals surface area contributed by atoms with Crippen molar-refractivity contribution >= 4 is 28.8 Å². The predicted molar refractivity (Wildman–Crippen MR) is 144 cm³/mol. The van der Waals surface area contributed by atoms with E-state index >= 15 is 0 Å². The molecule has 1 heterocycles. The van der Waals surface area contributed by atoms with Crippen LogP contribution in [0.3, 0.4) is 0 Å². The maximum Gasteiger partial charge on any atom is 0.300 e. The van der Waals surface area contributed by atoms with Gasteiger partial charge in [0.2, 0.25) is 0 Å². The Morgan fingerprint density at radius 3 is 2.21 bits per heavy atom. The molecule has 0 aromatic heterocycles. The van der Waals surface area contributed by atoms with Gasteiger partial charge in [0.25, 0.3) is 11.7 Å². The van der Waals surface area contributed by atoms with E-state index in [-0.39, 0.29) is 16.8 Å². The summed E-state index contributed by atoms with van der Waals surface area (Å²) in [5.41, 5.74) is 3.12. The van der Waals surface area contributed by atoms with Crippen molar-refractivity contribution in [1.82, 2.24) is 0 Å². The molecule has 1 saturated heterocycles. The number of aliphatic hydroxyl groups excluding tert-OH is 1. The number of hydrogen-bond donors (Lipinski definition) is 1. The van der Waals surface area contributed by atoms with E-state index in [1.165, 1.54) is 13.2 Å². The number of aliphatic hydroxyl groups is 1. The number of carbonyl (C=O) groups excluding carboxylic acids is 2. The maximum absolute atomic E-state index is 14.2. The number of benzene rings is 3. The first-order valence-corrected chi connectivity index (χ1v) is 12.4. The summed E-state index contributed by atoms with van der Waals surface area (Å²) >= 11 is 0. The number of rotatable bonds is 7. The zero-order valence-electron chi connectivity index (χ0n) is 22.0. The van der Waals surface area contributed by atoms with Crippen LogP contribution in [0.1, 0.15) is 42.1 Å². The zero-order chi connectivity index (χ0) is 27.7. The monoisotopic (exact) mass is 520 g/mol. The molecule has 1 unspecified atom stereocenters. The van der Waals surface area contributed by atoms with E-state index in [2.05, 4.69) is 4.90 Å². The summed E-state index contributed by atoms with van der Waals surface area (Å²) < 4.78 is 33.5. The second kappa shape index (κ2) is 10.7. The Balaban J connectivity index is 1.98. The van der Waals surface area contributed by atoms with Crippen LogP contribution in [0.4, 0.5) is 20.2 Å². The summed E-state index contributed by atoms with van der Waals surface area (Å²) in [5.74, 6) is -4.18. The van der Waals surface area contributed by atoms with E-state index in [1.54, 1.807) is 18.2 Å². The molecule has 1 atom stereocenters. The van der Waals surface area contributed by atoms with Crippen LogP contribution in [-0.2, 0) is 9.59 Å². The Morgan fingerprint density at radius 1 is 0.974 bits per heavy atom. The molecule has 198 valence electrons. The molecule has 1 aliphatic rings. The van der Waals surface area contributed by atoms with E-state index in [0.29, 0.717) is 11.3 Å². The number of carbonyl (C=O) groups is 2. The molecule has 0 radical (unpaired) electrons. The molecular weight excluding hydrogens is 490 g/mol. The molecular formula is C30H30F2N2O4. The standard InChI is InChI=1S/C30H30F2N2O4/c1-6-33(7-2)20-10-8-19(9-11-20)26-25(27(35)22-15-17(3)14-18(4)29(22)38-5)28(36)30(37)34(26)21-12-13-23(31)24(32)16-21/h8-16,26,35H,6-7H2,1-5H3/b27-25+. The SMILES string of the molecule is CCN(CC)c1ccc(C2/C(=C(\O)c3cc(C)cc(C)c3OC)C(=O)C(=O)N2c2ccc(F)c(F)c2)cc1. The van der Waals surface area contributed by atoms with Crippen molar-refractivity contribution < 1.29 is 28.2 Å². The van der Waals surface area contributed by atoms with Gasteiger partial charge in [0.05, 0.1) is 24.3 Å². The van der Waals surface area contributed by atoms with Gasteiger partial charge in [-0.3, -0.25) is 14.5 Å². The van der Waals surface area contributed by atoms with E-state index in [1.807, 2.05) is 45.9 Å². The van der Waals surface area contributed by atoms with Crippen LogP contribution in [0.2, 0.25) is 0 Å². The van der Waals surface area contributed by atoms with Gasteiger partial charge in [0.1, 0.15) is 11.5 Å². The molecule has 1 fully saturated rings. The Labute approximate surface area is 220 Å². The summed E-state index contributed by atoms with van der Waals surface area (Å²) in [7, 11) is 1.46. The molecule has 3 aromatic rings. The summed E-state index contributed by atoms with van der Waals surface area (Å²) in [6.45, 7) is 9.29. The van der Waals surface area contributed by atoms with Crippen LogP contribution in [-0.4, -0.2) is 37.0 Å². The smallest absolute Gasteiger partial charge is 0.300 e. The molecule has 4 rings (SSSR count). The number of aryl methyl sites for hydroxylation is 2. The maximum atomic E-state index is 14.2. The fourth-order valence-corrected chi connectivity index (χ4v) is 5.05. The number of ketones is 1. The Hall–Kier alpha value is -4.20. The van der Waals surface area contributed by atoms with Gasteiger partial charge in [-0.25, -0.2) is 8.78 Å². The first kappa shape index (κ1) is 26.9. The second-order valence-corrected chi connectivity index (χ2v) is 9.19. The van der Waals surface area contributed by atoms with Crippen LogP contribution in [0, 0.1) is 25.5 Å². The van der Waals surface area contributed by atoms with E-state index in [0.717, 1.165) is 46.9 Å². The summed E-state index contributed by atoms with van der Waals surface area (Å²) in [5, 5.41) is 11.5. The number of nitrogens with zero attached hydrogens (tertiary/aromatic N) is 2. The van der Waals surface area contributed by atoms with Gasteiger partial charge in [-0.2, -0.15) is 0 Å². The topological polar surface area (TPSA) is 70.1 Å². The fraction of sp³-hybridized carbons (Fsp3) is 0.267. The molecule has 38 heavy (non-hydrogen) atoms. The van der Waals surface area contributed by atoms with Gasteiger partial charge in [-0.15, -0.1) is 0 Å². The number of amides is 1. The Bertz CT molecular complexity index is 1430. The van der Waals surface area contributed by atoms with Gasteiger partial charge in [-0.1, -0.05) is 18.2 Å². The summed E-state index contributed by atoms with van der Waals surface area (Å²) in [6, 6.07) is 12.7.